The van der Waals surface area contributed by atoms with Crippen molar-refractivity contribution in [3.8, 4) is 0 Å². The number of hydrogen-bond acceptors (Lipinski definition) is 3. The van der Waals surface area contributed by atoms with Gasteiger partial charge in [-0.1, -0.05) is 24.3 Å². The smallest absolute Gasteiger partial charge is 0.248 e. The van der Waals surface area contributed by atoms with Crippen LogP contribution in [0.3, 0.4) is 0 Å². The predicted octanol–water partition coefficient (Wildman–Crippen LogP) is 2.57. The lowest BCUT2D eigenvalue weighted by Gasteiger charge is -2.35. The molecule has 1 aliphatic heterocycles. The minimum absolute atomic E-state index is 0.0296. The molecule has 2 amide bonds. The summed E-state index contributed by atoms with van der Waals surface area (Å²) in [7, 11) is 1.52. The Labute approximate surface area is 162 Å². The molecule has 1 N–H and O–H groups in total. The Morgan fingerprint density at radius 3 is 2.52 bits per heavy atom. The van der Waals surface area contributed by atoms with Crippen LogP contribution in [0.25, 0.3) is 0 Å². The topological polar surface area (TPSA) is 58.6 Å². The van der Waals surface area contributed by atoms with Crippen LogP contribution in [0, 0.1) is 11.8 Å². The average molecular weight is 373 g/mol. The van der Waals surface area contributed by atoms with Crippen LogP contribution in [0.15, 0.2) is 24.3 Å². The zero-order valence-electron chi connectivity index (χ0n) is 16.8. The second-order valence-corrected chi connectivity index (χ2v) is 8.73. The number of rotatable bonds is 6. The number of nitrogens with zero attached hydrogens (tertiary/aromatic N) is 1. The van der Waals surface area contributed by atoms with Gasteiger partial charge in [0.15, 0.2) is 0 Å². The summed E-state index contributed by atoms with van der Waals surface area (Å²) in [6.07, 6.45) is 4.86. The molecule has 5 heteroatoms. The SMILES string of the molecule is COCC(=O)N1CCC[C@H](C(=O)NC(C)(C)CC2Cc3ccccc3C2)C1. The van der Waals surface area contributed by atoms with E-state index in [1.54, 1.807) is 4.90 Å². The van der Waals surface area contributed by atoms with Crippen molar-refractivity contribution >= 4 is 11.8 Å². The van der Waals surface area contributed by atoms with E-state index >= 15 is 0 Å². The van der Waals surface area contributed by atoms with Gasteiger partial charge in [0.05, 0.1) is 5.92 Å². The van der Waals surface area contributed by atoms with E-state index in [4.69, 9.17) is 4.74 Å². The van der Waals surface area contributed by atoms with E-state index in [0.717, 1.165) is 38.6 Å². The summed E-state index contributed by atoms with van der Waals surface area (Å²) in [4.78, 5) is 26.7. The number of hydrogen-bond donors (Lipinski definition) is 1. The largest absolute Gasteiger partial charge is 0.375 e. The number of carbonyl (C=O) groups excluding carboxylic acids is 2. The maximum absolute atomic E-state index is 12.9. The first-order valence-corrected chi connectivity index (χ1v) is 10.0. The molecule has 1 atom stereocenters. The number of piperidine rings is 1. The fourth-order valence-electron chi connectivity index (χ4n) is 4.64. The lowest BCUT2D eigenvalue weighted by atomic mass is 9.87. The molecule has 0 spiro atoms. The highest BCUT2D eigenvalue weighted by molar-refractivity contribution is 5.82. The van der Waals surface area contributed by atoms with E-state index in [0.29, 0.717) is 12.5 Å². The number of nitrogens with one attached hydrogen (secondary N) is 1. The van der Waals surface area contributed by atoms with Crippen LogP contribution in [0.5, 0.6) is 0 Å². The third-order valence-corrected chi connectivity index (χ3v) is 5.81. The number of carbonyl (C=O) groups is 2. The van der Waals surface area contributed by atoms with Gasteiger partial charge < -0.3 is 15.0 Å². The normalized spacial score (nSPS) is 20.4. The molecule has 0 aromatic heterocycles. The molecule has 0 unspecified atom stereocenters. The van der Waals surface area contributed by atoms with Crippen LogP contribution in [-0.4, -0.2) is 49.1 Å². The summed E-state index contributed by atoms with van der Waals surface area (Å²) in [5.41, 5.74) is 2.65. The van der Waals surface area contributed by atoms with E-state index in [2.05, 4.69) is 43.4 Å². The summed E-state index contributed by atoms with van der Waals surface area (Å²) in [6, 6.07) is 8.64. The second kappa shape index (κ2) is 8.42. The van der Waals surface area contributed by atoms with Crippen molar-refractivity contribution in [2.45, 2.75) is 51.5 Å². The molecule has 1 heterocycles. The van der Waals surface area contributed by atoms with Crippen LogP contribution >= 0.6 is 0 Å². The van der Waals surface area contributed by atoms with Crippen molar-refractivity contribution in [2.24, 2.45) is 11.8 Å². The van der Waals surface area contributed by atoms with Crippen LogP contribution in [0.2, 0.25) is 0 Å². The van der Waals surface area contributed by atoms with E-state index in [1.165, 1.54) is 18.2 Å². The highest BCUT2D eigenvalue weighted by atomic mass is 16.5. The minimum atomic E-state index is -0.247. The average Bonchev–Trinajstić information content (AvgIpc) is 3.03. The lowest BCUT2D eigenvalue weighted by Crippen LogP contribution is -2.51. The zero-order chi connectivity index (χ0) is 19.4. The Morgan fingerprint density at radius 2 is 1.89 bits per heavy atom. The molecule has 1 aliphatic carbocycles. The van der Waals surface area contributed by atoms with E-state index < -0.39 is 0 Å². The Hall–Kier alpha value is -1.88. The molecule has 1 aromatic carbocycles. The third kappa shape index (κ3) is 5.10. The van der Waals surface area contributed by atoms with Gasteiger partial charge in [-0.15, -0.1) is 0 Å². The molecule has 0 radical (unpaired) electrons. The summed E-state index contributed by atoms with van der Waals surface area (Å²) in [5.74, 6) is 0.492. The molecule has 1 saturated heterocycles. The molecule has 3 rings (SSSR count). The fraction of sp³-hybridized carbons (Fsp3) is 0.636. The highest BCUT2D eigenvalue weighted by Crippen LogP contribution is 2.32. The first-order chi connectivity index (χ1) is 12.9. The van der Waals surface area contributed by atoms with Crippen LogP contribution in [-0.2, 0) is 27.2 Å². The number of fused-ring (bicyclic) bond motifs is 1. The number of benzene rings is 1. The van der Waals surface area contributed by atoms with Crippen molar-refractivity contribution in [1.82, 2.24) is 10.2 Å². The van der Waals surface area contributed by atoms with E-state index in [-0.39, 0.29) is 29.9 Å². The van der Waals surface area contributed by atoms with Crippen molar-refractivity contribution in [2.75, 3.05) is 26.8 Å². The predicted molar refractivity (Wildman–Crippen MR) is 105 cm³/mol. The zero-order valence-corrected chi connectivity index (χ0v) is 16.8. The fourth-order valence-corrected chi connectivity index (χ4v) is 4.64. The third-order valence-electron chi connectivity index (χ3n) is 5.81. The maximum atomic E-state index is 12.9. The van der Waals surface area contributed by atoms with Gasteiger partial charge in [0.25, 0.3) is 0 Å². The monoisotopic (exact) mass is 372 g/mol. The number of likely N-dealkylation sites (tertiary alicyclic amines) is 1. The van der Waals surface area contributed by atoms with E-state index in [9.17, 15) is 9.59 Å². The Balaban J connectivity index is 1.52. The van der Waals surface area contributed by atoms with Crippen molar-refractivity contribution in [3.63, 3.8) is 0 Å². The van der Waals surface area contributed by atoms with Gasteiger partial charge in [0.2, 0.25) is 11.8 Å². The highest BCUT2D eigenvalue weighted by Gasteiger charge is 2.33. The van der Waals surface area contributed by atoms with Gasteiger partial charge in [-0.3, -0.25) is 9.59 Å². The molecule has 1 aromatic rings. The number of amides is 2. The summed E-state index contributed by atoms with van der Waals surface area (Å²) < 4.78 is 4.94. The molecular formula is C22H32N2O3. The minimum Gasteiger partial charge on any atom is -0.375 e. The molecule has 27 heavy (non-hydrogen) atoms. The van der Waals surface area contributed by atoms with Gasteiger partial charge in [-0.05, 0) is 63.0 Å². The number of methoxy groups -OCH3 is 1. The first-order valence-electron chi connectivity index (χ1n) is 10.0. The summed E-state index contributed by atoms with van der Waals surface area (Å²) >= 11 is 0. The van der Waals surface area contributed by atoms with Crippen molar-refractivity contribution in [1.29, 1.82) is 0 Å². The molecule has 0 saturated carbocycles. The van der Waals surface area contributed by atoms with Crippen LogP contribution in [0.1, 0.15) is 44.2 Å². The van der Waals surface area contributed by atoms with Gasteiger partial charge in [-0.2, -0.15) is 0 Å². The van der Waals surface area contributed by atoms with Crippen LogP contribution < -0.4 is 5.32 Å². The Kier molecular flexibility index (Phi) is 6.20. The lowest BCUT2D eigenvalue weighted by molar-refractivity contribution is -0.139. The van der Waals surface area contributed by atoms with Gasteiger partial charge in [0.1, 0.15) is 6.61 Å². The van der Waals surface area contributed by atoms with Crippen LogP contribution in [0.4, 0.5) is 0 Å². The quantitative estimate of drug-likeness (QED) is 0.835. The van der Waals surface area contributed by atoms with E-state index in [1.807, 2.05) is 0 Å². The molecule has 2 aliphatic rings. The van der Waals surface area contributed by atoms with Crippen molar-refractivity contribution in [3.05, 3.63) is 35.4 Å². The van der Waals surface area contributed by atoms with Gasteiger partial charge in [-0.25, -0.2) is 0 Å². The summed E-state index contributed by atoms with van der Waals surface area (Å²) in [6.45, 7) is 5.53. The van der Waals surface area contributed by atoms with Crippen molar-refractivity contribution < 1.29 is 14.3 Å². The standard InChI is InChI=1S/C22H32N2O3/c1-22(2,13-16-11-17-7-4-5-8-18(17)12-16)23-21(26)19-9-6-10-24(14-19)20(25)15-27-3/h4-5,7-8,16,19H,6,9-15H2,1-3H3,(H,23,26)/t19-/m0/s1. The summed E-state index contributed by atoms with van der Waals surface area (Å²) in [5, 5.41) is 3.26. The Bertz CT molecular complexity index is 661. The molecule has 148 valence electrons. The van der Waals surface area contributed by atoms with Gasteiger partial charge in [0, 0.05) is 25.7 Å². The van der Waals surface area contributed by atoms with Gasteiger partial charge >= 0.3 is 0 Å². The molecule has 5 nitrogen and oxygen atoms in total. The molecule has 1 fully saturated rings. The second-order valence-electron chi connectivity index (χ2n) is 8.73. The molecule has 0 bridgehead atoms. The first kappa shape index (κ1) is 19.9. The maximum Gasteiger partial charge on any atom is 0.248 e. The molecular weight excluding hydrogens is 340 g/mol. The Morgan fingerprint density at radius 1 is 1.22 bits per heavy atom. The number of ether oxygens (including phenoxy) is 1.